The van der Waals surface area contributed by atoms with Gasteiger partial charge in [-0.2, -0.15) is 0 Å². The maximum absolute atomic E-state index is 6.35. The van der Waals surface area contributed by atoms with Gasteiger partial charge in [0.05, 0.1) is 12.2 Å². The molecule has 4 heteroatoms. The number of aromatic nitrogens is 1. The van der Waals surface area contributed by atoms with Gasteiger partial charge in [-0.25, -0.2) is 0 Å². The van der Waals surface area contributed by atoms with Gasteiger partial charge in [-0.1, -0.05) is 37.3 Å². The van der Waals surface area contributed by atoms with Crippen molar-refractivity contribution in [2.45, 2.75) is 63.8 Å². The molecule has 4 aliphatic rings. The predicted molar refractivity (Wildman–Crippen MR) is 124 cm³/mol. The topological polar surface area (TPSA) is 43.7 Å². The number of aryl methyl sites for hydroxylation is 1. The molecule has 1 saturated carbocycles. The summed E-state index contributed by atoms with van der Waals surface area (Å²) < 4.78 is 12.4. The maximum Gasteiger partial charge on any atom is 0.181 e. The first-order valence-corrected chi connectivity index (χ1v) is 12.0. The van der Waals surface area contributed by atoms with Gasteiger partial charge >= 0.3 is 0 Å². The molecule has 4 unspecified atom stereocenters. The van der Waals surface area contributed by atoms with Gasteiger partial charge in [-0.15, -0.1) is 0 Å². The molecule has 2 fully saturated rings. The summed E-state index contributed by atoms with van der Waals surface area (Å²) in [5, 5.41) is 0. The summed E-state index contributed by atoms with van der Waals surface area (Å²) in [5.74, 6) is 1.42. The summed E-state index contributed by atoms with van der Waals surface area (Å²) in [5.41, 5.74) is 4.02. The van der Waals surface area contributed by atoms with Crippen molar-refractivity contribution in [2.24, 2.45) is 22.7 Å². The minimum atomic E-state index is -0.149. The van der Waals surface area contributed by atoms with Crippen LogP contribution in [0.2, 0.25) is 0 Å². The zero-order valence-corrected chi connectivity index (χ0v) is 18.6. The van der Waals surface area contributed by atoms with Crippen LogP contribution in [0.5, 0.6) is 0 Å². The lowest BCUT2D eigenvalue weighted by molar-refractivity contribution is -0.100. The first kappa shape index (κ1) is 20.8. The quantitative estimate of drug-likeness (QED) is 0.637. The number of hydrogen-bond donors (Lipinski definition) is 0. The van der Waals surface area contributed by atoms with Gasteiger partial charge in [-0.05, 0) is 79.6 Å². The number of nitrogens with zero attached hydrogens (tertiary/aromatic N) is 2. The molecule has 0 N–H and O–H groups in total. The van der Waals surface area contributed by atoms with Gasteiger partial charge in [-0.3, -0.25) is 9.98 Å². The van der Waals surface area contributed by atoms with E-state index in [2.05, 4.69) is 48.5 Å². The minimum Gasteiger partial charge on any atom is -0.346 e. The highest BCUT2D eigenvalue weighted by Gasteiger charge is 2.47. The van der Waals surface area contributed by atoms with Crippen LogP contribution in [-0.2, 0) is 15.9 Å². The zero-order valence-electron chi connectivity index (χ0n) is 18.6. The molecule has 3 heterocycles. The van der Waals surface area contributed by atoms with E-state index in [-0.39, 0.29) is 11.9 Å². The first-order chi connectivity index (χ1) is 15.2. The Hall–Kier alpha value is -2.04. The van der Waals surface area contributed by atoms with Gasteiger partial charge in [0.1, 0.15) is 0 Å². The smallest absolute Gasteiger partial charge is 0.181 e. The molecule has 0 aromatic carbocycles. The Morgan fingerprint density at radius 1 is 1.23 bits per heavy atom. The molecule has 1 spiro atoms. The Bertz CT molecular complexity index is 882. The van der Waals surface area contributed by atoms with E-state index >= 15 is 0 Å². The second kappa shape index (κ2) is 9.22. The molecule has 31 heavy (non-hydrogen) atoms. The third-order valence-corrected chi connectivity index (χ3v) is 7.47. The average molecular weight is 419 g/mol. The van der Waals surface area contributed by atoms with Crippen molar-refractivity contribution >= 4 is 6.21 Å². The van der Waals surface area contributed by atoms with E-state index in [0.717, 1.165) is 51.7 Å². The highest BCUT2D eigenvalue weighted by molar-refractivity contribution is 5.80. The van der Waals surface area contributed by atoms with Crippen molar-refractivity contribution < 1.29 is 9.47 Å². The van der Waals surface area contributed by atoms with E-state index in [4.69, 9.17) is 14.5 Å². The van der Waals surface area contributed by atoms with Crippen LogP contribution in [0.4, 0.5) is 0 Å². The highest BCUT2D eigenvalue weighted by Crippen LogP contribution is 2.44. The van der Waals surface area contributed by atoms with Crippen LogP contribution < -0.4 is 0 Å². The first-order valence-electron chi connectivity index (χ1n) is 12.0. The third-order valence-electron chi connectivity index (χ3n) is 7.47. The fourth-order valence-electron chi connectivity index (χ4n) is 5.22. The Kier molecular flexibility index (Phi) is 6.20. The molecule has 1 aromatic heterocycles. The molecule has 1 saturated heterocycles. The van der Waals surface area contributed by atoms with Crippen LogP contribution in [0.25, 0.3) is 0 Å². The Balaban J connectivity index is 1.23. The number of aliphatic imine (C=N–C) groups is 1. The summed E-state index contributed by atoms with van der Waals surface area (Å²) in [4.78, 5) is 8.95. The molecular weight excluding hydrogens is 384 g/mol. The molecular formula is C27H34N2O2. The number of rotatable bonds is 5. The van der Waals surface area contributed by atoms with Crippen molar-refractivity contribution in [3.63, 3.8) is 0 Å². The summed E-state index contributed by atoms with van der Waals surface area (Å²) in [6.07, 6.45) is 23.1. The SMILES string of the molecule is CC1CCC(C2=CC(CCc3cccnc3)CN=C2)C=CC=C1C1OCC2(CCC2)O1. The van der Waals surface area contributed by atoms with E-state index in [1.165, 1.54) is 23.1 Å². The second-order valence-electron chi connectivity index (χ2n) is 9.75. The Labute approximate surface area is 186 Å². The Morgan fingerprint density at radius 2 is 2.16 bits per heavy atom. The maximum atomic E-state index is 6.35. The second-order valence-corrected chi connectivity index (χ2v) is 9.75. The standard InChI is InChI=1S/C27H34N2O2/c1-20-8-11-23(6-2-7-25(20)26-30-19-27(31-26)12-4-13-27)24-15-22(17-29-18-24)10-9-21-5-3-14-28-16-21/h2-3,5-7,14-16,18,20,22-23,26H,4,8-13,17,19H2,1H3. The van der Waals surface area contributed by atoms with Crippen LogP contribution in [0.15, 0.2) is 65.0 Å². The monoisotopic (exact) mass is 418 g/mol. The number of allylic oxidation sites excluding steroid dienone is 4. The minimum absolute atomic E-state index is 0.0219. The molecule has 2 aliphatic heterocycles. The highest BCUT2D eigenvalue weighted by atomic mass is 16.7. The number of hydrogen-bond acceptors (Lipinski definition) is 4. The van der Waals surface area contributed by atoms with E-state index < -0.39 is 0 Å². The number of dihydropyridines is 1. The van der Waals surface area contributed by atoms with Crippen LogP contribution in [0.1, 0.15) is 51.0 Å². The van der Waals surface area contributed by atoms with E-state index in [0.29, 0.717) is 17.8 Å². The molecule has 4 atom stereocenters. The lowest BCUT2D eigenvalue weighted by atomic mass is 9.81. The third kappa shape index (κ3) is 4.75. The molecule has 5 rings (SSSR count). The van der Waals surface area contributed by atoms with Crippen molar-refractivity contribution in [2.75, 3.05) is 13.2 Å². The van der Waals surface area contributed by atoms with Crippen molar-refractivity contribution in [3.05, 3.63) is 65.5 Å². The van der Waals surface area contributed by atoms with Gasteiger partial charge in [0.2, 0.25) is 0 Å². The summed E-state index contributed by atoms with van der Waals surface area (Å²) in [7, 11) is 0. The van der Waals surface area contributed by atoms with Crippen molar-refractivity contribution in [1.82, 2.24) is 4.98 Å². The molecule has 0 bridgehead atoms. The lowest BCUT2D eigenvalue weighted by Crippen LogP contribution is -2.40. The van der Waals surface area contributed by atoms with Gasteiger partial charge in [0, 0.05) is 31.1 Å². The number of pyridine rings is 1. The number of ether oxygens (including phenoxy) is 2. The molecule has 1 aromatic rings. The predicted octanol–water partition coefficient (Wildman–Crippen LogP) is 5.47. The molecule has 0 radical (unpaired) electrons. The van der Waals surface area contributed by atoms with Gasteiger partial charge in [0.15, 0.2) is 6.29 Å². The van der Waals surface area contributed by atoms with E-state index in [9.17, 15) is 0 Å². The fourth-order valence-corrected chi connectivity index (χ4v) is 5.22. The normalized spacial score (nSPS) is 32.2. The van der Waals surface area contributed by atoms with Crippen LogP contribution in [0, 0.1) is 17.8 Å². The molecule has 4 nitrogen and oxygen atoms in total. The molecule has 0 amide bonds. The average Bonchev–Trinajstić information content (AvgIpc) is 3.22. The molecule has 164 valence electrons. The molecule has 2 aliphatic carbocycles. The van der Waals surface area contributed by atoms with Crippen molar-refractivity contribution in [3.8, 4) is 0 Å². The lowest BCUT2D eigenvalue weighted by Gasteiger charge is -2.36. The fraction of sp³-hybridized carbons (Fsp3) is 0.556. The van der Waals surface area contributed by atoms with Crippen molar-refractivity contribution in [1.29, 1.82) is 0 Å². The van der Waals surface area contributed by atoms with E-state index in [1.807, 2.05) is 18.5 Å². The van der Waals surface area contributed by atoms with Gasteiger partial charge in [0.25, 0.3) is 0 Å². The largest absolute Gasteiger partial charge is 0.346 e. The van der Waals surface area contributed by atoms with Crippen LogP contribution >= 0.6 is 0 Å². The van der Waals surface area contributed by atoms with Gasteiger partial charge < -0.3 is 9.47 Å². The van der Waals surface area contributed by atoms with Crippen LogP contribution in [0.3, 0.4) is 0 Å². The zero-order chi connectivity index (χ0) is 21.1. The Morgan fingerprint density at radius 3 is 2.94 bits per heavy atom. The van der Waals surface area contributed by atoms with E-state index in [1.54, 1.807) is 0 Å². The summed E-state index contributed by atoms with van der Waals surface area (Å²) >= 11 is 0. The summed E-state index contributed by atoms with van der Waals surface area (Å²) in [6, 6.07) is 4.18. The summed E-state index contributed by atoms with van der Waals surface area (Å²) in [6.45, 7) is 3.98. The van der Waals surface area contributed by atoms with Crippen LogP contribution in [-0.4, -0.2) is 36.2 Å².